The lowest BCUT2D eigenvalue weighted by Gasteiger charge is -2.00. The summed E-state index contributed by atoms with van der Waals surface area (Å²) in [5.74, 6) is 0. The monoisotopic (exact) mass is 231 g/mol. The first-order chi connectivity index (χ1) is 6.15. The highest BCUT2D eigenvalue weighted by atomic mass is 35.5. The van der Waals surface area contributed by atoms with Gasteiger partial charge in [-0.25, -0.2) is 0 Å². The maximum atomic E-state index is 8.31. The van der Waals surface area contributed by atoms with Crippen LogP contribution in [-0.4, -0.2) is 0 Å². The molecule has 13 heavy (non-hydrogen) atoms. The molecule has 0 spiro atoms. The smallest absolute Gasteiger partial charge is 0.0912 e. The van der Waals surface area contributed by atoms with Gasteiger partial charge in [-0.15, -0.1) is 0 Å². The molecule has 0 unspecified atom stereocenters. The topological polar surface area (TPSA) is 23.8 Å². The van der Waals surface area contributed by atoms with Crippen LogP contribution in [0.2, 0.25) is 15.1 Å². The van der Waals surface area contributed by atoms with Gasteiger partial charge in [-0.05, 0) is 23.8 Å². The molecule has 1 aromatic carbocycles. The second kappa shape index (κ2) is 4.53. The molecule has 1 nitrogen and oxygen atoms in total. The van der Waals surface area contributed by atoms with E-state index >= 15 is 0 Å². The van der Waals surface area contributed by atoms with Crippen molar-refractivity contribution in [3.05, 3.63) is 38.8 Å². The average molecular weight is 232 g/mol. The van der Waals surface area contributed by atoms with E-state index in [1.54, 1.807) is 18.2 Å². The van der Waals surface area contributed by atoms with Gasteiger partial charge < -0.3 is 0 Å². The van der Waals surface area contributed by atoms with Crippen molar-refractivity contribution in [3.63, 3.8) is 0 Å². The molecule has 0 bridgehead atoms. The van der Waals surface area contributed by atoms with E-state index in [9.17, 15) is 0 Å². The summed E-state index contributed by atoms with van der Waals surface area (Å²) in [6.07, 6.45) is 2.87. The van der Waals surface area contributed by atoms with E-state index in [1.807, 2.05) is 6.07 Å². The van der Waals surface area contributed by atoms with Crippen molar-refractivity contribution in [1.29, 1.82) is 5.26 Å². The summed E-state index contributed by atoms with van der Waals surface area (Å²) < 4.78 is 0. The van der Waals surface area contributed by atoms with Gasteiger partial charge in [0.2, 0.25) is 0 Å². The number of nitriles is 1. The van der Waals surface area contributed by atoms with Crippen molar-refractivity contribution in [2.24, 2.45) is 0 Å². The van der Waals surface area contributed by atoms with Crippen LogP contribution < -0.4 is 0 Å². The standard InChI is InChI=1S/C9H4Cl3N/c10-7-4-6(2-1-3-13)9(12)8(11)5-7/h1-2,4-5H. The Labute approximate surface area is 91.1 Å². The van der Waals surface area contributed by atoms with Crippen LogP contribution in [-0.2, 0) is 0 Å². The van der Waals surface area contributed by atoms with E-state index in [4.69, 9.17) is 40.1 Å². The Bertz CT molecular complexity index is 391. The first kappa shape index (κ1) is 10.4. The molecule has 0 aliphatic heterocycles. The first-order valence-electron chi connectivity index (χ1n) is 3.36. The summed E-state index contributed by atoms with van der Waals surface area (Å²) in [5.41, 5.74) is 0.640. The van der Waals surface area contributed by atoms with E-state index in [0.29, 0.717) is 20.6 Å². The molecule has 0 aliphatic rings. The molecule has 0 aromatic heterocycles. The summed E-state index contributed by atoms with van der Waals surface area (Å²) in [7, 11) is 0. The molecular formula is C9H4Cl3N. The summed E-state index contributed by atoms with van der Waals surface area (Å²) >= 11 is 17.4. The normalized spacial score (nSPS) is 10.3. The van der Waals surface area contributed by atoms with Gasteiger partial charge in [0, 0.05) is 11.1 Å². The van der Waals surface area contributed by atoms with Crippen LogP contribution in [0.1, 0.15) is 5.56 Å². The number of hydrogen-bond donors (Lipinski definition) is 0. The molecular weight excluding hydrogens is 228 g/mol. The van der Waals surface area contributed by atoms with E-state index in [0.717, 1.165) is 0 Å². The van der Waals surface area contributed by atoms with Crippen LogP contribution in [0.5, 0.6) is 0 Å². The minimum Gasteiger partial charge on any atom is -0.193 e. The molecule has 0 heterocycles. The molecule has 0 fully saturated rings. The second-order valence-corrected chi connectivity index (χ2v) is 3.47. The van der Waals surface area contributed by atoms with Crippen molar-refractivity contribution < 1.29 is 0 Å². The highest BCUT2D eigenvalue weighted by Crippen LogP contribution is 2.30. The van der Waals surface area contributed by atoms with Crippen molar-refractivity contribution in [2.75, 3.05) is 0 Å². The Balaban J connectivity index is 3.22. The predicted molar refractivity (Wildman–Crippen MR) is 56.1 cm³/mol. The molecule has 0 amide bonds. The fourth-order valence-electron chi connectivity index (χ4n) is 0.824. The largest absolute Gasteiger partial charge is 0.193 e. The zero-order chi connectivity index (χ0) is 9.84. The summed E-state index contributed by atoms with van der Waals surface area (Å²) in [5, 5.41) is 9.59. The molecule has 0 N–H and O–H groups in total. The van der Waals surface area contributed by atoms with Gasteiger partial charge in [0.05, 0.1) is 16.1 Å². The number of halogens is 3. The van der Waals surface area contributed by atoms with Crippen molar-refractivity contribution in [1.82, 2.24) is 0 Å². The van der Waals surface area contributed by atoms with Crippen molar-refractivity contribution in [3.8, 4) is 6.07 Å². The molecule has 0 aliphatic carbocycles. The van der Waals surface area contributed by atoms with Crippen LogP contribution in [0, 0.1) is 11.3 Å². The quantitative estimate of drug-likeness (QED) is 0.526. The fraction of sp³-hybridized carbons (Fsp3) is 0. The third-order valence-electron chi connectivity index (χ3n) is 1.36. The Kier molecular flexibility index (Phi) is 3.62. The van der Waals surface area contributed by atoms with Gasteiger partial charge in [0.1, 0.15) is 0 Å². The number of allylic oxidation sites excluding steroid dienone is 1. The fourth-order valence-corrected chi connectivity index (χ4v) is 1.51. The van der Waals surface area contributed by atoms with E-state index in [1.165, 1.54) is 6.08 Å². The SMILES string of the molecule is N#CC=Cc1cc(Cl)cc(Cl)c1Cl. The van der Waals surface area contributed by atoms with Crippen LogP contribution in [0.3, 0.4) is 0 Å². The zero-order valence-corrected chi connectivity index (χ0v) is 8.66. The Morgan fingerprint density at radius 1 is 1.23 bits per heavy atom. The molecule has 0 atom stereocenters. The first-order valence-corrected chi connectivity index (χ1v) is 4.49. The van der Waals surface area contributed by atoms with Crippen LogP contribution >= 0.6 is 34.8 Å². The lowest BCUT2D eigenvalue weighted by molar-refractivity contribution is 1.54. The zero-order valence-electron chi connectivity index (χ0n) is 6.39. The number of nitrogens with zero attached hydrogens (tertiary/aromatic N) is 1. The number of hydrogen-bond acceptors (Lipinski definition) is 1. The van der Waals surface area contributed by atoms with Gasteiger partial charge in [-0.1, -0.05) is 34.8 Å². The van der Waals surface area contributed by atoms with E-state index in [2.05, 4.69) is 0 Å². The molecule has 0 saturated carbocycles. The van der Waals surface area contributed by atoms with Gasteiger partial charge in [-0.2, -0.15) is 5.26 Å². The van der Waals surface area contributed by atoms with Gasteiger partial charge >= 0.3 is 0 Å². The third-order valence-corrected chi connectivity index (χ3v) is 2.39. The average Bonchev–Trinajstić information content (AvgIpc) is 2.09. The maximum Gasteiger partial charge on any atom is 0.0912 e. The molecule has 0 radical (unpaired) electrons. The van der Waals surface area contributed by atoms with Gasteiger partial charge in [-0.3, -0.25) is 0 Å². The number of rotatable bonds is 1. The highest BCUT2D eigenvalue weighted by Gasteiger charge is 2.03. The van der Waals surface area contributed by atoms with Gasteiger partial charge in [0.25, 0.3) is 0 Å². The summed E-state index contributed by atoms with van der Waals surface area (Å²) in [4.78, 5) is 0. The molecule has 0 saturated heterocycles. The Hall–Kier alpha value is -0.680. The Morgan fingerprint density at radius 3 is 2.54 bits per heavy atom. The van der Waals surface area contributed by atoms with Gasteiger partial charge in [0.15, 0.2) is 0 Å². The minimum absolute atomic E-state index is 0.381. The van der Waals surface area contributed by atoms with Crippen LogP contribution in [0.25, 0.3) is 6.08 Å². The third kappa shape index (κ3) is 2.63. The second-order valence-electron chi connectivity index (χ2n) is 2.25. The van der Waals surface area contributed by atoms with Crippen LogP contribution in [0.4, 0.5) is 0 Å². The minimum atomic E-state index is 0.381. The molecule has 4 heteroatoms. The van der Waals surface area contributed by atoms with Crippen LogP contribution in [0.15, 0.2) is 18.2 Å². The molecule has 66 valence electrons. The number of benzene rings is 1. The Morgan fingerprint density at radius 2 is 1.92 bits per heavy atom. The van der Waals surface area contributed by atoms with Crippen molar-refractivity contribution >= 4 is 40.9 Å². The lowest BCUT2D eigenvalue weighted by atomic mass is 10.2. The molecule has 1 aromatic rings. The van der Waals surface area contributed by atoms with E-state index < -0.39 is 0 Å². The lowest BCUT2D eigenvalue weighted by Crippen LogP contribution is -1.77. The predicted octanol–water partition coefficient (Wildman–Crippen LogP) is 4.18. The molecule has 1 rings (SSSR count). The highest BCUT2D eigenvalue weighted by molar-refractivity contribution is 6.44. The van der Waals surface area contributed by atoms with E-state index in [-0.39, 0.29) is 0 Å². The summed E-state index contributed by atoms with van der Waals surface area (Å²) in [6, 6.07) is 5.05. The maximum absolute atomic E-state index is 8.31. The van der Waals surface area contributed by atoms with Crippen molar-refractivity contribution in [2.45, 2.75) is 0 Å². The summed E-state index contributed by atoms with van der Waals surface area (Å²) in [6.45, 7) is 0.